The number of benzene rings is 2. The van der Waals surface area contributed by atoms with Crippen molar-refractivity contribution in [2.75, 3.05) is 44.2 Å². The van der Waals surface area contributed by atoms with Crippen LogP contribution < -0.4 is 9.64 Å². The molecule has 1 fully saturated rings. The molecule has 1 saturated heterocycles. The highest BCUT2D eigenvalue weighted by Gasteiger charge is 2.21. The lowest BCUT2D eigenvalue weighted by atomic mass is 10.1. The maximum absolute atomic E-state index is 10.5. The van der Waals surface area contributed by atoms with E-state index in [9.17, 15) is 5.11 Å². The van der Waals surface area contributed by atoms with E-state index in [1.54, 1.807) is 6.20 Å². The number of aromatic nitrogens is 1. The van der Waals surface area contributed by atoms with Gasteiger partial charge in [-0.15, -0.1) is 0 Å². The molecule has 1 atom stereocenters. The first kappa shape index (κ1) is 19.7. The maximum Gasteiger partial charge on any atom is 0.127 e. The van der Waals surface area contributed by atoms with Gasteiger partial charge >= 0.3 is 0 Å². The first-order chi connectivity index (χ1) is 14.1. The Kier molecular flexibility index (Phi) is 5.97. The summed E-state index contributed by atoms with van der Waals surface area (Å²) < 4.78 is 5.93. The number of aliphatic hydroxyl groups excluding tert-OH is 1. The molecule has 0 radical (unpaired) electrons. The monoisotopic (exact) mass is 391 g/mol. The van der Waals surface area contributed by atoms with E-state index in [0.29, 0.717) is 13.2 Å². The van der Waals surface area contributed by atoms with Gasteiger partial charge in [0, 0.05) is 61.6 Å². The lowest BCUT2D eigenvalue weighted by molar-refractivity contribution is 0.0668. The Morgan fingerprint density at radius 1 is 1.00 bits per heavy atom. The van der Waals surface area contributed by atoms with Gasteiger partial charge < -0.3 is 14.7 Å². The molecule has 1 aliphatic rings. The molecule has 0 aliphatic carbocycles. The molecule has 1 unspecified atom stereocenters. The number of rotatable bonds is 6. The van der Waals surface area contributed by atoms with Crippen LogP contribution in [-0.4, -0.2) is 60.4 Å². The van der Waals surface area contributed by atoms with E-state index in [1.165, 1.54) is 16.8 Å². The SMILES string of the molecule is Cc1cccc(C)c1N1CCN(CC(O)COc2cccc3cnccc23)CC1. The first-order valence-electron chi connectivity index (χ1n) is 10.3. The maximum atomic E-state index is 10.5. The van der Waals surface area contributed by atoms with Crippen LogP contribution >= 0.6 is 0 Å². The zero-order chi connectivity index (χ0) is 20.2. The van der Waals surface area contributed by atoms with Crippen LogP contribution in [0.15, 0.2) is 54.9 Å². The van der Waals surface area contributed by atoms with Crippen LogP contribution in [0.5, 0.6) is 5.75 Å². The Balaban J connectivity index is 1.29. The molecule has 2 aromatic carbocycles. The van der Waals surface area contributed by atoms with E-state index in [1.807, 2.05) is 30.5 Å². The molecule has 0 bridgehead atoms. The zero-order valence-electron chi connectivity index (χ0n) is 17.2. The molecule has 0 amide bonds. The number of aliphatic hydroxyl groups is 1. The second-order valence-corrected chi connectivity index (χ2v) is 7.85. The number of pyridine rings is 1. The third-order valence-electron chi connectivity index (χ3n) is 5.67. The van der Waals surface area contributed by atoms with Gasteiger partial charge in [0.05, 0.1) is 0 Å². The summed E-state index contributed by atoms with van der Waals surface area (Å²) in [4.78, 5) is 8.94. The second kappa shape index (κ2) is 8.80. The van der Waals surface area contributed by atoms with Gasteiger partial charge in [0.25, 0.3) is 0 Å². The number of aryl methyl sites for hydroxylation is 2. The van der Waals surface area contributed by atoms with Crippen molar-refractivity contribution < 1.29 is 9.84 Å². The molecule has 0 spiro atoms. The summed E-state index contributed by atoms with van der Waals surface area (Å²) in [5, 5.41) is 12.6. The summed E-state index contributed by atoms with van der Waals surface area (Å²) >= 11 is 0. The van der Waals surface area contributed by atoms with Crippen molar-refractivity contribution >= 4 is 16.5 Å². The van der Waals surface area contributed by atoms with Crippen molar-refractivity contribution in [2.45, 2.75) is 20.0 Å². The van der Waals surface area contributed by atoms with Crippen LogP contribution in [0.3, 0.4) is 0 Å². The van der Waals surface area contributed by atoms with Crippen LogP contribution in [0, 0.1) is 13.8 Å². The van der Waals surface area contributed by atoms with E-state index in [0.717, 1.165) is 42.7 Å². The van der Waals surface area contributed by atoms with Gasteiger partial charge in [-0.25, -0.2) is 0 Å². The third-order valence-corrected chi connectivity index (χ3v) is 5.67. The van der Waals surface area contributed by atoms with E-state index in [4.69, 9.17) is 4.74 Å². The van der Waals surface area contributed by atoms with Crippen molar-refractivity contribution in [3.63, 3.8) is 0 Å². The molecule has 0 saturated carbocycles. The summed E-state index contributed by atoms with van der Waals surface area (Å²) in [7, 11) is 0. The highest BCUT2D eigenvalue weighted by molar-refractivity contribution is 5.87. The fraction of sp³-hybridized carbons (Fsp3) is 0.375. The molecule has 2 heterocycles. The molecule has 5 nitrogen and oxygen atoms in total. The summed E-state index contributed by atoms with van der Waals surface area (Å²) in [5.41, 5.74) is 4.02. The molecule has 1 aliphatic heterocycles. The topological polar surface area (TPSA) is 48.8 Å². The van der Waals surface area contributed by atoms with Gasteiger partial charge in [0.15, 0.2) is 0 Å². The molecule has 1 N–H and O–H groups in total. The van der Waals surface area contributed by atoms with Crippen LogP contribution in [0.2, 0.25) is 0 Å². The highest BCUT2D eigenvalue weighted by Crippen LogP contribution is 2.26. The molecular formula is C24H29N3O2. The van der Waals surface area contributed by atoms with E-state index >= 15 is 0 Å². The van der Waals surface area contributed by atoms with E-state index < -0.39 is 6.10 Å². The standard InChI is InChI=1S/C24H29N3O2/c1-18-5-3-6-19(2)24(18)27-13-11-26(12-14-27)16-21(28)17-29-23-8-4-7-20-15-25-10-9-22(20)23/h3-10,15,21,28H,11-14,16-17H2,1-2H3. The average molecular weight is 392 g/mol. The number of para-hydroxylation sites is 1. The predicted octanol–water partition coefficient (Wildman–Crippen LogP) is 3.41. The summed E-state index contributed by atoms with van der Waals surface area (Å²) in [6.45, 7) is 9.14. The number of hydrogen-bond acceptors (Lipinski definition) is 5. The van der Waals surface area contributed by atoms with Crippen molar-refractivity contribution in [1.82, 2.24) is 9.88 Å². The Hall–Kier alpha value is -2.63. The molecule has 5 heteroatoms. The van der Waals surface area contributed by atoms with Gasteiger partial charge in [-0.05, 0) is 37.1 Å². The Morgan fingerprint density at radius 3 is 2.48 bits per heavy atom. The van der Waals surface area contributed by atoms with Gasteiger partial charge in [0.2, 0.25) is 0 Å². The van der Waals surface area contributed by atoms with E-state index in [-0.39, 0.29) is 0 Å². The summed E-state index contributed by atoms with van der Waals surface area (Å²) in [6, 6.07) is 14.3. The number of ether oxygens (including phenoxy) is 1. The van der Waals surface area contributed by atoms with Crippen LogP contribution in [0.4, 0.5) is 5.69 Å². The van der Waals surface area contributed by atoms with Gasteiger partial charge in [0.1, 0.15) is 18.5 Å². The molecule has 3 aromatic rings. The Morgan fingerprint density at radius 2 is 1.72 bits per heavy atom. The molecular weight excluding hydrogens is 362 g/mol. The number of hydrogen-bond donors (Lipinski definition) is 1. The second-order valence-electron chi connectivity index (χ2n) is 7.85. The Labute approximate surface area is 172 Å². The first-order valence-corrected chi connectivity index (χ1v) is 10.3. The summed E-state index contributed by atoms with van der Waals surface area (Å²) in [6.07, 6.45) is 3.08. The largest absolute Gasteiger partial charge is 0.490 e. The normalized spacial score (nSPS) is 16.2. The van der Waals surface area contributed by atoms with Crippen LogP contribution in [0.1, 0.15) is 11.1 Å². The fourth-order valence-corrected chi connectivity index (χ4v) is 4.21. The number of nitrogens with zero attached hydrogens (tertiary/aromatic N) is 3. The minimum atomic E-state index is -0.515. The minimum absolute atomic E-state index is 0.290. The van der Waals surface area contributed by atoms with Crippen molar-refractivity contribution in [3.8, 4) is 5.75 Å². The van der Waals surface area contributed by atoms with Gasteiger partial charge in [-0.1, -0.05) is 30.3 Å². The number of anilines is 1. The van der Waals surface area contributed by atoms with E-state index in [2.05, 4.69) is 46.8 Å². The van der Waals surface area contributed by atoms with Crippen molar-refractivity contribution in [1.29, 1.82) is 0 Å². The Bertz CT molecular complexity index is 942. The number of piperazine rings is 1. The van der Waals surface area contributed by atoms with Gasteiger partial charge in [-0.2, -0.15) is 0 Å². The lowest BCUT2D eigenvalue weighted by Crippen LogP contribution is -2.49. The minimum Gasteiger partial charge on any atom is -0.490 e. The average Bonchev–Trinajstić information content (AvgIpc) is 2.73. The van der Waals surface area contributed by atoms with Crippen molar-refractivity contribution in [2.24, 2.45) is 0 Å². The molecule has 4 rings (SSSR count). The predicted molar refractivity (Wildman–Crippen MR) is 118 cm³/mol. The molecule has 1 aromatic heterocycles. The fourth-order valence-electron chi connectivity index (χ4n) is 4.21. The number of fused-ring (bicyclic) bond motifs is 1. The van der Waals surface area contributed by atoms with Crippen LogP contribution in [0.25, 0.3) is 10.8 Å². The zero-order valence-corrected chi connectivity index (χ0v) is 17.2. The van der Waals surface area contributed by atoms with Crippen LogP contribution in [-0.2, 0) is 0 Å². The molecule has 152 valence electrons. The molecule has 29 heavy (non-hydrogen) atoms. The quantitative estimate of drug-likeness (QED) is 0.698. The summed E-state index contributed by atoms with van der Waals surface area (Å²) in [5.74, 6) is 0.795. The number of β-amino-alcohol motifs (C(OH)–C–C–N with tert-alkyl or cyclic N) is 1. The smallest absolute Gasteiger partial charge is 0.127 e. The van der Waals surface area contributed by atoms with Gasteiger partial charge in [-0.3, -0.25) is 9.88 Å². The lowest BCUT2D eigenvalue weighted by Gasteiger charge is -2.38. The highest BCUT2D eigenvalue weighted by atomic mass is 16.5. The third kappa shape index (κ3) is 4.52. The van der Waals surface area contributed by atoms with Crippen molar-refractivity contribution in [3.05, 3.63) is 66.0 Å².